The maximum Gasteiger partial charge on any atom is 0.150 e. The minimum Gasteiger partial charge on any atom is -0.310 e. The summed E-state index contributed by atoms with van der Waals surface area (Å²) in [6.07, 6.45) is 0.536. The third kappa shape index (κ3) is 3.71. The molecule has 1 N–H and O–H groups in total. The molecule has 2 heteroatoms. The highest BCUT2D eigenvalue weighted by molar-refractivity contribution is 5.82. The normalized spacial score (nSPS) is 10.1. The molecule has 0 aliphatic heterocycles. The largest absolute Gasteiger partial charge is 0.310 e. The maximum absolute atomic E-state index is 11.4. The lowest BCUT2D eigenvalue weighted by Gasteiger charge is -2.02. The molecule has 0 spiro atoms. The fourth-order valence-electron chi connectivity index (χ4n) is 1.38. The number of likely N-dealkylation sites (N-methyl/N-ethyl adjacent to an activating group) is 1. The van der Waals surface area contributed by atoms with Crippen LogP contribution in [0.1, 0.15) is 18.1 Å². The molecule has 0 amide bonds. The first-order chi connectivity index (χ1) is 6.72. The second-order valence-electron chi connectivity index (χ2n) is 3.48. The van der Waals surface area contributed by atoms with Gasteiger partial charge in [0.1, 0.15) is 0 Å². The van der Waals surface area contributed by atoms with Gasteiger partial charge in [-0.05, 0) is 19.0 Å². The van der Waals surface area contributed by atoms with Gasteiger partial charge >= 0.3 is 0 Å². The Kier molecular flexibility index (Phi) is 4.33. The number of hydrogen-bond donors (Lipinski definition) is 1. The molecule has 0 fully saturated rings. The molecular formula is C12H17NO. The van der Waals surface area contributed by atoms with Gasteiger partial charge in [0, 0.05) is 6.42 Å². The van der Waals surface area contributed by atoms with Crippen LogP contribution in [0.2, 0.25) is 0 Å². The van der Waals surface area contributed by atoms with Crippen molar-refractivity contribution in [2.75, 3.05) is 13.1 Å². The third-order valence-corrected chi connectivity index (χ3v) is 2.06. The van der Waals surface area contributed by atoms with E-state index >= 15 is 0 Å². The number of aryl methyl sites for hydroxylation is 1. The molecule has 1 rings (SSSR count). The van der Waals surface area contributed by atoms with E-state index in [1.807, 2.05) is 32.0 Å². The van der Waals surface area contributed by atoms with E-state index in [1.165, 1.54) is 5.56 Å². The van der Waals surface area contributed by atoms with Crippen molar-refractivity contribution in [1.29, 1.82) is 0 Å². The van der Waals surface area contributed by atoms with Gasteiger partial charge in [-0.1, -0.05) is 36.8 Å². The molecule has 0 saturated carbocycles. The van der Waals surface area contributed by atoms with Crippen LogP contribution < -0.4 is 5.32 Å². The third-order valence-electron chi connectivity index (χ3n) is 2.06. The van der Waals surface area contributed by atoms with Gasteiger partial charge in [-0.3, -0.25) is 4.79 Å². The molecule has 14 heavy (non-hydrogen) atoms. The number of nitrogens with one attached hydrogen (secondary N) is 1. The molecule has 0 unspecified atom stereocenters. The number of Topliss-reactive ketones (excluding diaryl/α,β-unsaturated/α-hetero) is 1. The molecule has 0 aromatic heterocycles. The minimum absolute atomic E-state index is 0.248. The zero-order chi connectivity index (χ0) is 10.4. The number of carbonyl (C=O) groups is 1. The van der Waals surface area contributed by atoms with Crippen LogP contribution >= 0.6 is 0 Å². The molecule has 0 radical (unpaired) electrons. The zero-order valence-corrected chi connectivity index (χ0v) is 8.84. The summed E-state index contributed by atoms with van der Waals surface area (Å²) in [5.74, 6) is 0.248. The minimum atomic E-state index is 0.248. The van der Waals surface area contributed by atoms with Crippen LogP contribution in [0.4, 0.5) is 0 Å². The topological polar surface area (TPSA) is 29.1 Å². The van der Waals surface area contributed by atoms with Gasteiger partial charge in [0.05, 0.1) is 6.54 Å². The van der Waals surface area contributed by atoms with Gasteiger partial charge in [-0.15, -0.1) is 0 Å². The average molecular weight is 191 g/mol. The predicted octanol–water partition coefficient (Wildman–Crippen LogP) is 1.72. The van der Waals surface area contributed by atoms with Crippen molar-refractivity contribution in [2.24, 2.45) is 0 Å². The lowest BCUT2D eigenvalue weighted by molar-refractivity contribution is -0.117. The molecule has 76 valence electrons. The zero-order valence-electron chi connectivity index (χ0n) is 8.84. The predicted molar refractivity (Wildman–Crippen MR) is 58.4 cm³/mol. The number of carbonyl (C=O) groups excluding carboxylic acids is 1. The van der Waals surface area contributed by atoms with Gasteiger partial charge in [-0.2, -0.15) is 0 Å². The van der Waals surface area contributed by atoms with E-state index in [1.54, 1.807) is 0 Å². The molecule has 1 aromatic carbocycles. The van der Waals surface area contributed by atoms with Gasteiger partial charge in [0.15, 0.2) is 5.78 Å². The van der Waals surface area contributed by atoms with Crippen molar-refractivity contribution in [3.63, 3.8) is 0 Å². The van der Waals surface area contributed by atoms with E-state index < -0.39 is 0 Å². The van der Waals surface area contributed by atoms with Crippen LogP contribution in [-0.4, -0.2) is 18.9 Å². The summed E-state index contributed by atoms with van der Waals surface area (Å²) >= 11 is 0. The number of rotatable bonds is 5. The van der Waals surface area contributed by atoms with Crippen molar-refractivity contribution in [3.05, 3.63) is 35.4 Å². The lowest BCUT2D eigenvalue weighted by atomic mass is 10.1. The average Bonchev–Trinajstić information content (AvgIpc) is 2.15. The van der Waals surface area contributed by atoms with Crippen molar-refractivity contribution in [3.8, 4) is 0 Å². The second-order valence-corrected chi connectivity index (χ2v) is 3.48. The van der Waals surface area contributed by atoms with Gasteiger partial charge in [0.2, 0.25) is 0 Å². The van der Waals surface area contributed by atoms with E-state index in [0.717, 1.165) is 12.1 Å². The maximum atomic E-state index is 11.4. The monoisotopic (exact) mass is 191 g/mol. The van der Waals surface area contributed by atoms with E-state index in [2.05, 4.69) is 11.4 Å². The van der Waals surface area contributed by atoms with Crippen molar-refractivity contribution in [2.45, 2.75) is 20.3 Å². The summed E-state index contributed by atoms with van der Waals surface area (Å²) in [6, 6.07) is 8.09. The summed E-state index contributed by atoms with van der Waals surface area (Å²) in [5, 5.41) is 3.03. The van der Waals surface area contributed by atoms with E-state index in [0.29, 0.717) is 13.0 Å². The number of benzene rings is 1. The van der Waals surface area contributed by atoms with Crippen LogP contribution in [0, 0.1) is 6.92 Å². The van der Waals surface area contributed by atoms with Gasteiger partial charge in [0.25, 0.3) is 0 Å². The highest BCUT2D eigenvalue weighted by Gasteiger charge is 2.02. The van der Waals surface area contributed by atoms with Crippen LogP contribution in [0.3, 0.4) is 0 Å². The van der Waals surface area contributed by atoms with E-state index in [4.69, 9.17) is 0 Å². The molecule has 0 heterocycles. The highest BCUT2D eigenvalue weighted by atomic mass is 16.1. The van der Waals surface area contributed by atoms with Crippen molar-refractivity contribution >= 4 is 5.78 Å². The smallest absolute Gasteiger partial charge is 0.150 e. The Morgan fingerprint density at radius 1 is 1.43 bits per heavy atom. The van der Waals surface area contributed by atoms with Crippen LogP contribution in [0.25, 0.3) is 0 Å². The molecule has 0 bridgehead atoms. The Morgan fingerprint density at radius 2 is 2.21 bits per heavy atom. The summed E-state index contributed by atoms with van der Waals surface area (Å²) in [6.45, 7) is 5.36. The van der Waals surface area contributed by atoms with Crippen LogP contribution in [0.5, 0.6) is 0 Å². The lowest BCUT2D eigenvalue weighted by Crippen LogP contribution is -2.23. The fourth-order valence-corrected chi connectivity index (χ4v) is 1.38. The highest BCUT2D eigenvalue weighted by Crippen LogP contribution is 2.04. The van der Waals surface area contributed by atoms with Crippen LogP contribution in [0.15, 0.2) is 24.3 Å². The van der Waals surface area contributed by atoms with E-state index in [-0.39, 0.29) is 5.78 Å². The Balaban J connectivity index is 2.47. The van der Waals surface area contributed by atoms with Crippen LogP contribution in [-0.2, 0) is 11.2 Å². The quantitative estimate of drug-likeness (QED) is 0.767. The van der Waals surface area contributed by atoms with E-state index in [9.17, 15) is 4.79 Å². The molecular weight excluding hydrogens is 174 g/mol. The van der Waals surface area contributed by atoms with Gasteiger partial charge < -0.3 is 5.32 Å². The number of hydrogen-bond acceptors (Lipinski definition) is 2. The first kappa shape index (κ1) is 10.9. The fraction of sp³-hybridized carbons (Fsp3) is 0.417. The molecule has 0 aliphatic carbocycles. The Hall–Kier alpha value is -1.15. The van der Waals surface area contributed by atoms with Crippen molar-refractivity contribution in [1.82, 2.24) is 5.32 Å². The SMILES string of the molecule is CCNCC(=O)Cc1cccc(C)c1. The second kappa shape index (κ2) is 5.55. The summed E-state index contributed by atoms with van der Waals surface area (Å²) < 4.78 is 0. The first-order valence-electron chi connectivity index (χ1n) is 5.00. The molecule has 1 aromatic rings. The summed E-state index contributed by atoms with van der Waals surface area (Å²) in [7, 11) is 0. The first-order valence-corrected chi connectivity index (χ1v) is 5.00. The standard InChI is InChI=1S/C12H17NO/c1-3-13-9-12(14)8-11-6-4-5-10(2)7-11/h4-7,13H,3,8-9H2,1-2H3. The Labute approximate surface area is 85.3 Å². The van der Waals surface area contributed by atoms with Crippen molar-refractivity contribution < 1.29 is 4.79 Å². The molecule has 0 aliphatic rings. The Bertz CT molecular complexity index is 307. The molecule has 0 atom stereocenters. The Morgan fingerprint density at radius 3 is 2.86 bits per heavy atom. The van der Waals surface area contributed by atoms with Gasteiger partial charge in [-0.25, -0.2) is 0 Å². The molecule has 2 nitrogen and oxygen atoms in total. The summed E-state index contributed by atoms with van der Waals surface area (Å²) in [4.78, 5) is 11.4. The molecule has 0 saturated heterocycles. The number of ketones is 1. The summed E-state index contributed by atoms with van der Waals surface area (Å²) in [5.41, 5.74) is 2.31.